The van der Waals surface area contributed by atoms with Gasteiger partial charge < -0.3 is 18.8 Å². The van der Waals surface area contributed by atoms with E-state index in [2.05, 4.69) is 0 Å². The van der Waals surface area contributed by atoms with Gasteiger partial charge in [-0.25, -0.2) is 0 Å². The number of pyridine rings is 1. The third-order valence-corrected chi connectivity index (χ3v) is 3.11. The molecule has 1 aromatic heterocycles. The minimum absolute atomic E-state index is 0.130. The molecule has 1 aromatic carbocycles. The first kappa shape index (κ1) is 15.9. The number of nitrogens with zero attached hydrogens (tertiary/aromatic N) is 1. The Labute approximate surface area is 130 Å². The van der Waals surface area contributed by atoms with Crippen LogP contribution in [0, 0.1) is 0 Å². The Balaban J connectivity index is 1.92. The van der Waals surface area contributed by atoms with Gasteiger partial charge in [0.05, 0.1) is 20.3 Å². The number of methoxy groups -OCH3 is 1. The van der Waals surface area contributed by atoms with Crippen molar-refractivity contribution in [3.05, 3.63) is 52.9 Å². The lowest BCUT2D eigenvalue weighted by Gasteiger charge is -2.10. The van der Waals surface area contributed by atoms with E-state index in [4.69, 9.17) is 14.2 Å². The highest BCUT2D eigenvalue weighted by Crippen LogP contribution is 2.16. The highest BCUT2D eigenvalue weighted by Gasteiger charge is 2.04. The van der Waals surface area contributed by atoms with Gasteiger partial charge in [0.15, 0.2) is 5.75 Å². The van der Waals surface area contributed by atoms with E-state index in [-0.39, 0.29) is 5.56 Å². The molecule has 0 spiro atoms. The summed E-state index contributed by atoms with van der Waals surface area (Å²) in [6.07, 6.45) is 2.60. The SMILES string of the molecule is CCCOc1cccn(CCOc2ccc(OC)cc2)c1=O. The Morgan fingerprint density at radius 3 is 2.41 bits per heavy atom. The first-order chi connectivity index (χ1) is 10.7. The van der Waals surface area contributed by atoms with Crippen LogP contribution in [0.2, 0.25) is 0 Å². The molecule has 0 saturated carbocycles. The topological polar surface area (TPSA) is 49.7 Å². The van der Waals surface area contributed by atoms with Gasteiger partial charge in [-0.3, -0.25) is 4.79 Å². The summed E-state index contributed by atoms with van der Waals surface area (Å²) in [7, 11) is 1.62. The van der Waals surface area contributed by atoms with Crippen LogP contribution >= 0.6 is 0 Å². The largest absolute Gasteiger partial charge is 0.497 e. The molecule has 0 fully saturated rings. The molecule has 2 aromatic rings. The summed E-state index contributed by atoms with van der Waals surface area (Å²) in [4.78, 5) is 12.2. The van der Waals surface area contributed by atoms with Crippen molar-refractivity contribution in [3.63, 3.8) is 0 Å². The van der Waals surface area contributed by atoms with E-state index in [1.807, 2.05) is 31.2 Å². The maximum Gasteiger partial charge on any atom is 0.292 e. The van der Waals surface area contributed by atoms with Crippen molar-refractivity contribution in [2.75, 3.05) is 20.3 Å². The van der Waals surface area contributed by atoms with Gasteiger partial charge in [-0.2, -0.15) is 0 Å². The average molecular weight is 303 g/mol. The number of rotatable bonds is 8. The maximum absolute atomic E-state index is 12.2. The van der Waals surface area contributed by atoms with Crippen LogP contribution < -0.4 is 19.8 Å². The lowest BCUT2D eigenvalue weighted by Crippen LogP contribution is -2.24. The smallest absolute Gasteiger partial charge is 0.292 e. The number of benzene rings is 1. The van der Waals surface area contributed by atoms with Gasteiger partial charge in [-0.15, -0.1) is 0 Å². The van der Waals surface area contributed by atoms with Crippen LogP contribution in [0.15, 0.2) is 47.4 Å². The van der Waals surface area contributed by atoms with Gasteiger partial charge in [-0.1, -0.05) is 6.92 Å². The zero-order valence-corrected chi connectivity index (χ0v) is 13.0. The molecule has 0 atom stereocenters. The fourth-order valence-electron chi connectivity index (χ4n) is 1.95. The molecule has 0 aliphatic heterocycles. The molecule has 118 valence electrons. The summed E-state index contributed by atoms with van der Waals surface area (Å²) < 4.78 is 17.7. The highest BCUT2D eigenvalue weighted by atomic mass is 16.5. The fraction of sp³-hybridized carbons (Fsp3) is 0.353. The van der Waals surface area contributed by atoms with Crippen LogP contribution in [0.1, 0.15) is 13.3 Å². The molecule has 2 rings (SSSR count). The Bertz CT molecular complexity index is 634. The molecule has 0 aliphatic rings. The summed E-state index contributed by atoms with van der Waals surface area (Å²) in [5, 5.41) is 0. The maximum atomic E-state index is 12.2. The standard InChI is InChI=1S/C17H21NO4/c1-3-12-22-16-5-4-10-18(17(16)19)11-13-21-15-8-6-14(20-2)7-9-15/h4-10H,3,11-13H2,1-2H3. The molecular weight excluding hydrogens is 282 g/mol. The molecule has 0 N–H and O–H groups in total. The van der Waals surface area contributed by atoms with Gasteiger partial charge >= 0.3 is 0 Å². The molecule has 5 nitrogen and oxygen atoms in total. The minimum atomic E-state index is -0.130. The Kier molecular flexibility index (Phi) is 5.89. The molecule has 22 heavy (non-hydrogen) atoms. The zero-order chi connectivity index (χ0) is 15.8. The molecule has 0 unspecified atom stereocenters. The van der Waals surface area contributed by atoms with Crippen molar-refractivity contribution in [2.45, 2.75) is 19.9 Å². The molecule has 0 radical (unpaired) electrons. The van der Waals surface area contributed by atoms with Gasteiger partial charge in [0.2, 0.25) is 0 Å². The van der Waals surface area contributed by atoms with Crippen LogP contribution in [0.3, 0.4) is 0 Å². The molecule has 5 heteroatoms. The van der Waals surface area contributed by atoms with E-state index >= 15 is 0 Å². The second-order valence-electron chi connectivity index (χ2n) is 4.74. The molecule has 0 amide bonds. The predicted octanol–water partition coefficient (Wildman–Crippen LogP) is 2.72. The fourth-order valence-corrected chi connectivity index (χ4v) is 1.95. The highest BCUT2D eigenvalue weighted by molar-refractivity contribution is 5.31. The third kappa shape index (κ3) is 4.28. The number of hydrogen-bond acceptors (Lipinski definition) is 4. The van der Waals surface area contributed by atoms with E-state index in [0.717, 1.165) is 17.9 Å². The van der Waals surface area contributed by atoms with E-state index in [0.29, 0.717) is 25.5 Å². The normalized spacial score (nSPS) is 10.3. The van der Waals surface area contributed by atoms with Gasteiger partial charge in [0, 0.05) is 6.20 Å². The van der Waals surface area contributed by atoms with Crippen molar-refractivity contribution in [1.82, 2.24) is 4.57 Å². The number of aromatic nitrogens is 1. The predicted molar refractivity (Wildman–Crippen MR) is 85.0 cm³/mol. The van der Waals surface area contributed by atoms with Crippen molar-refractivity contribution in [2.24, 2.45) is 0 Å². The van der Waals surface area contributed by atoms with Crippen molar-refractivity contribution < 1.29 is 14.2 Å². The van der Waals surface area contributed by atoms with E-state index in [1.54, 1.807) is 30.0 Å². The quantitative estimate of drug-likeness (QED) is 0.752. The second-order valence-corrected chi connectivity index (χ2v) is 4.74. The van der Waals surface area contributed by atoms with Crippen LogP contribution in [0.5, 0.6) is 17.2 Å². The summed E-state index contributed by atoms with van der Waals surface area (Å²) >= 11 is 0. The van der Waals surface area contributed by atoms with E-state index in [1.165, 1.54) is 0 Å². The van der Waals surface area contributed by atoms with Crippen LogP contribution in [0.4, 0.5) is 0 Å². The monoisotopic (exact) mass is 303 g/mol. The molecular formula is C17H21NO4. The van der Waals surface area contributed by atoms with E-state index in [9.17, 15) is 4.79 Å². The van der Waals surface area contributed by atoms with Gasteiger partial charge in [0.25, 0.3) is 5.56 Å². The minimum Gasteiger partial charge on any atom is -0.497 e. The van der Waals surface area contributed by atoms with Crippen LogP contribution in [0.25, 0.3) is 0 Å². The van der Waals surface area contributed by atoms with Crippen molar-refractivity contribution in [3.8, 4) is 17.2 Å². The van der Waals surface area contributed by atoms with Crippen molar-refractivity contribution >= 4 is 0 Å². The Morgan fingerprint density at radius 1 is 1.00 bits per heavy atom. The third-order valence-electron chi connectivity index (χ3n) is 3.11. The lowest BCUT2D eigenvalue weighted by atomic mass is 10.3. The summed E-state index contributed by atoms with van der Waals surface area (Å²) in [6.45, 7) is 3.42. The number of hydrogen-bond donors (Lipinski definition) is 0. The molecule has 0 saturated heterocycles. The van der Waals surface area contributed by atoms with Crippen molar-refractivity contribution in [1.29, 1.82) is 0 Å². The summed E-state index contributed by atoms with van der Waals surface area (Å²) in [6, 6.07) is 10.8. The van der Waals surface area contributed by atoms with Crippen LogP contribution in [-0.2, 0) is 6.54 Å². The number of ether oxygens (including phenoxy) is 3. The summed E-state index contributed by atoms with van der Waals surface area (Å²) in [5.41, 5.74) is -0.130. The molecule has 0 bridgehead atoms. The average Bonchev–Trinajstić information content (AvgIpc) is 2.56. The van der Waals surface area contributed by atoms with Gasteiger partial charge in [0.1, 0.15) is 18.1 Å². The zero-order valence-electron chi connectivity index (χ0n) is 13.0. The van der Waals surface area contributed by atoms with Gasteiger partial charge in [-0.05, 0) is 42.8 Å². The molecule has 0 aliphatic carbocycles. The van der Waals surface area contributed by atoms with Crippen LogP contribution in [-0.4, -0.2) is 24.9 Å². The lowest BCUT2D eigenvalue weighted by molar-refractivity contribution is 0.287. The Morgan fingerprint density at radius 2 is 1.73 bits per heavy atom. The Hall–Kier alpha value is -2.43. The molecule has 1 heterocycles. The first-order valence-corrected chi connectivity index (χ1v) is 7.33. The first-order valence-electron chi connectivity index (χ1n) is 7.33. The van der Waals surface area contributed by atoms with E-state index < -0.39 is 0 Å². The summed E-state index contributed by atoms with van der Waals surface area (Å²) in [5.74, 6) is 1.91. The second kappa shape index (κ2) is 8.12.